The first-order valence-electron chi connectivity index (χ1n) is 8.84. The Hall–Kier alpha value is -2.01. The lowest BCUT2D eigenvalue weighted by Crippen LogP contribution is -2.39. The average molecular weight is 376 g/mol. The number of aryl methyl sites for hydroxylation is 2. The zero-order chi connectivity index (χ0) is 18.9. The molecule has 2 rings (SSSR count). The summed E-state index contributed by atoms with van der Waals surface area (Å²) in [5, 5.41) is 2.90. The number of nitrogens with one attached hydrogen (secondary N) is 1. The van der Waals surface area contributed by atoms with E-state index < -0.39 is 6.10 Å². The third-order valence-corrected chi connectivity index (χ3v) is 5.19. The van der Waals surface area contributed by atoms with Crippen LogP contribution in [-0.2, 0) is 10.5 Å². The molecule has 140 valence electrons. The summed E-state index contributed by atoms with van der Waals surface area (Å²) in [4.78, 5) is 12.3. The van der Waals surface area contributed by atoms with Crippen LogP contribution in [0.3, 0.4) is 0 Å². The summed E-state index contributed by atoms with van der Waals surface area (Å²) in [6.45, 7) is 6.53. The number of hydrogen-bond acceptors (Lipinski definition) is 3. The van der Waals surface area contributed by atoms with Gasteiger partial charge in [-0.05, 0) is 55.2 Å². The molecule has 0 bridgehead atoms. The zero-order valence-corrected chi connectivity index (χ0v) is 16.4. The van der Waals surface area contributed by atoms with E-state index >= 15 is 0 Å². The molecule has 0 aliphatic heterocycles. The second kappa shape index (κ2) is 10.2. The number of halogens is 1. The minimum Gasteiger partial charge on any atom is -0.481 e. The minimum atomic E-state index is -0.506. The molecule has 0 saturated carbocycles. The second-order valence-electron chi connectivity index (χ2n) is 6.20. The smallest absolute Gasteiger partial charge is 0.261 e. The van der Waals surface area contributed by atoms with Crippen LogP contribution in [0, 0.1) is 19.7 Å². The van der Waals surface area contributed by atoms with Crippen LogP contribution in [0.25, 0.3) is 0 Å². The van der Waals surface area contributed by atoms with Gasteiger partial charge in [0.15, 0.2) is 6.10 Å². The van der Waals surface area contributed by atoms with Gasteiger partial charge < -0.3 is 10.1 Å². The van der Waals surface area contributed by atoms with E-state index in [4.69, 9.17) is 4.74 Å². The maximum Gasteiger partial charge on any atom is 0.261 e. The van der Waals surface area contributed by atoms with Crippen LogP contribution >= 0.6 is 11.8 Å². The van der Waals surface area contributed by atoms with Crippen LogP contribution < -0.4 is 10.1 Å². The van der Waals surface area contributed by atoms with Gasteiger partial charge in [-0.1, -0.05) is 31.2 Å². The predicted octanol–water partition coefficient (Wildman–Crippen LogP) is 4.65. The van der Waals surface area contributed by atoms with E-state index in [0.717, 1.165) is 11.3 Å². The average Bonchev–Trinajstić information content (AvgIpc) is 2.63. The Morgan fingerprint density at radius 1 is 1.19 bits per heavy atom. The maximum atomic E-state index is 13.5. The van der Waals surface area contributed by atoms with Gasteiger partial charge in [0.25, 0.3) is 5.91 Å². The van der Waals surface area contributed by atoms with E-state index in [1.807, 2.05) is 45.0 Å². The van der Waals surface area contributed by atoms with Gasteiger partial charge in [-0.3, -0.25) is 4.79 Å². The predicted molar refractivity (Wildman–Crippen MR) is 106 cm³/mol. The molecule has 0 unspecified atom stereocenters. The molecule has 0 saturated heterocycles. The first kappa shape index (κ1) is 20.3. The lowest BCUT2D eigenvalue weighted by Gasteiger charge is -2.18. The first-order valence-corrected chi connectivity index (χ1v) is 9.99. The first-order chi connectivity index (χ1) is 12.5. The lowest BCUT2D eigenvalue weighted by atomic mass is 10.1. The van der Waals surface area contributed by atoms with Gasteiger partial charge in [0.2, 0.25) is 0 Å². The SMILES string of the molecule is CC[C@@H](Oc1ccc(C)c(C)c1)C(=O)NCCSCc1ccccc1F. The van der Waals surface area contributed by atoms with Crippen LogP contribution in [0.15, 0.2) is 42.5 Å². The fourth-order valence-corrected chi connectivity index (χ4v) is 3.28. The zero-order valence-electron chi connectivity index (χ0n) is 15.5. The topological polar surface area (TPSA) is 38.3 Å². The van der Waals surface area contributed by atoms with Crippen LogP contribution in [-0.4, -0.2) is 24.3 Å². The number of thioether (sulfide) groups is 1. The van der Waals surface area contributed by atoms with E-state index in [-0.39, 0.29) is 11.7 Å². The molecule has 2 aromatic carbocycles. The van der Waals surface area contributed by atoms with E-state index in [1.54, 1.807) is 23.9 Å². The molecule has 0 aromatic heterocycles. The number of amides is 1. The normalized spacial score (nSPS) is 11.8. The van der Waals surface area contributed by atoms with Gasteiger partial charge in [0.05, 0.1) is 0 Å². The highest BCUT2D eigenvalue weighted by atomic mass is 32.2. The van der Waals surface area contributed by atoms with Crippen molar-refractivity contribution < 1.29 is 13.9 Å². The number of benzene rings is 2. The van der Waals surface area contributed by atoms with Crippen molar-refractivity contribution in [1.29, 1.82) is 0 Å². The van der Waals surface area contributed by atoms with Crippen molar-refractivity contribution >= 4 is 17.7 Å². The molecule has 0 radical (unpaired) electrons. The summed E-state index contributed by atoms with van der Waals surface area (Å²) < 4.78 is 19.4. The van der Waals surface area contributed by atoms with Crippen LogP contribution in [0.5, 0.6) is 5.75 Å². The summed E-state index contributed by atoms with van der Waals surface area (Å²) in [7, 11) is 0. The molecule has 0 spiro atoms. The summed E-state index contributed by atoms with van der Waals surface area (Å²) in [6, 6.07) is 12.6. The molecule has 3 nitrogen and oxygen atoms in total. The summed E-state index contributed by atoms with van der Waals surface area (Å²) in [5.41, 5.74) is 3.03. The highest BCUT2D eigenvalue weighted by molar-refractivity contribution is 7.98. The lowest BCUT2D eigenvalue weighted by molar-refractivity contribution is -0.127. The van der Waals surface area contributed by atoms with Gasteiger partial charge in [-0.25, -0.2) is 4.39 Å². The van der Waals surface area contributed by atoms with Gasteiger partial charge in [0, 0.05) is 18.1 Å². The van der Waals surface area contributed by atoms with Crippen molar-refractivity contribution in [1.82, 2.24) is 5.32 Å². The van der Waals surface area contributed by atoms with Gasteiger partial charge in [-0.15, -0.1) is 0 Å². The van der Waals surface area contributed by atoms with Crippen molar-refractivity contribution in [2.24, 2.45) is 0 Å². The van der Waals surface area contributed by atoms with Crippen LogP contribution in [0.2, 0.25) is 0 Å². The Bertz CT molecular complexity index is 736. The molecule has 0 fully saturated rings. The van der Waals surface area contributed by atoms with Crippen molar-refractivity contribution in [3.63, 3.8) is 0 Å². The van der Waals surface area contributed by atoms with Gasteiger partial charge >= 0.3 is 0 Å². The van der Waals surface area contributed by atoms with Gasteiger partial charge in [-0.2, -0.15) is 11.8 Å². The fraction of sp³-hybridized carbons (Fsp3) is 0.381. The molecule has 2 aromatic rings. The third-order valence-electron chi connectivity index (χ3n) is 4.18. The van der Waals surface area contributed by atoms with Crippen LogP contribution in [0.1, 0.15) is 30.0 Å². The largest absolute Gasteiger partial charge is 0.481 e. The number of hydrogen-bond donors (Lipinski definition) is 1. The van der Waals surface area contributed by atoms with E-state index in [0.29, 0.717) is 30.0 Å². The monoisotopic (exact) mass is 375 g/mol. The highest BCUT2D eigenvalue weighted by Crippen LogP contribution is 2.19. The fourth-order valence-electron chi connectivity index (χ4n) is 2.43. The van der Waals surface area contributed by atoms with E-state index in [2.05, 4.69) is 5.32 Å². The maximum absolute atomic E-state index is 13.5. The Labute approximate surface area is 159 Å². The molecule has 0 aliphatic rings. The second-order valence-corrected chi connectivity index (χ2v) is 7.30. The summed E-state index contributed by atoms with van der Waals surface area (Å²) >= 11 is 1.59. The number of ether oxygens (including phenoxy) is 1. The quantitative estimate of drug-likeness (QED) is 0.649. The van der Waals surface area contributed by atoms with Crippen molar-refractivity contribution in [2.45, 2.75) is 39.0 Å². The molecule has 0 aliphatic carbocycles. The van der Waals surface area contributed by atoms with E-state index in [9.17, 15) is 9.18 Å². The summed E-state index contributed by atoms with van der Waals surface area (Å²) in [5.74, 6) is 1.73. The molecular weight excluding hydrogens is 349 g/mol. The Balaban J connectivity index is 1.74. The van der Waals surface area contributed by atoms with Gasteiger partial charge in [0.1, 0.15) is 11.6 Å². The molecular formula is C21H26FNO2S. The standard InChI is InChI=1S/C21H26FNO2S/c1-4-20(25-18-10-9-15(2)16(3)13-18)21(24)23-11-12-26-14-17-7-5-6-8-19(17)22/h5-10,13,20H,4,11-12,14H2,1-3H3,(H,23,24)/t20-/m1/s1. The minimum absolute atomic E-state index is 0.114. The number of carbonyl (C=O) groups is 1. The van der Waals surface area contributed by atoms with Crippen molar-refractivity contribution in [3.05, 3.63) is 65.0 Å². The van der Waals surface area contributed by atoms with Crippen molar-refractivity contribution in [3.8, 4) is 5.75 Å². The van der Waals surface area contributed by atoms with E-state index in [1.165, 1.54) is 11.6 Å². The molecule has 1 atom stereocenters. The molecule has 1 N–H and O–H groups in total. The number of carbonyl (C=O) groups excluding carboxylic acids is 1. The summed E-state index contributed by atoms with van der Waals surface area (Å²) in [6.07, 6.45) is 0.0925. The third kappa shape index (κ3) is 6.06. The Morgan fingerprint density at radius 3 is 2.65 bits per heavy atom. The molecule has 26 heavy (non-hydrogen) atoms. The molecule has 5 heteroatoms. The molecule has 0 heterocycles. The Kier molecular flexibility index (Phi) is 7.98. The highest BCUT2D eigenvalue weighted by Gasteiger charge is 2.18. The van der Waals surface area contributed by atoms with Crippen LogP contribution in [0.4, 0.5) is 4.39 Å². The molecule has 1 amide bonds. The van der Waals surface area contributed by atoms with Crippen molar-refractivity contribution in [2.75, 3.05) is 12.3 Å². The Morgan fingerprint density at radius 2 is 1.96 bits per heavy atom. The number of rotatable bonds is 9.